The standard InChI is InChI=1S/C6H7O/c1-5-3-6(2)7-4-5/h3H,1-2H3. The van der Waals surface area contributed by atoms with E-state index in [1.165, 1.54) is 0 Å². The molecule has 0 N–H and O–H groups in total. The summed E-state index contributed by atoms with van der Waals surface area (Å²) in [5, 5.41) is 0. The van der Waals surface area contributed by atoms with Gasteiger partial charge in [0.15, 0.2) is 6.26 Å². The molecule has 0 amide bonds. The first-order valence-electron chi connectivity index (χ1n) is 2.24. The summed E-state index contributed by atoms with van der Waals surface area (Å²) < 4.78 is 4.84. The molecule has 0 unspecified atom stereocenters. The summed E-state index contributed by atoms with van der Waals surface area (Å²) in [6, 6.07) is 1.94. The highest BCUT2D eigenvalue weighted by atomic mass is 16.3. The predicted octanol–water partition coefficient (Wildman–Crippen LogP) is 1.70. The molecule has 1 heteroatoms. The number of hydrogen-bond donors (Lipinski definition) is 0. The smallest absolute Gasteiger partial charge is 0.172 e. The first kappa shape index (κ1) is 4.44. The van der Waals surface area contributed by atoms with E-state index >= 15 is 0 Å². The van der Waals surface area contributed by atoms with Crippen molar-refractivity contribution < 1.29 is 4.42 Å². The maximum absolute atomic E-state index is 4.84. The Labute approximate surface area is 43.0 Å². The van der Waals surface area contributed by atoms with Crippen LogP contribution in [0.3, 0.4) is 0 Å². The molecule has 0 atom stereocenters. The van der Waals surface area contributed by atoms with Gasteiger partial charge < -0.3 is 4.42 Å². The Hall–Kier alpha value is -0.720. The average Bonchev–Trinajstić information content (AvgIpc) is 1.87. The van der Waals surface area contributed by atoms with Crippen molar-refractivity contribution in [1.82, 2.24) is 0 Å². The lowest BCUT2D eigenvalue weighted by molar-refractivity contribution is 0.524. The predicted molar refractivity (Wildman–Crippen MR) is 27.0 cm³/mol. The van der Waals surface area contributed by atoms with Crippen LogP contribution in [0.5, 0.6) is 0 Å². The topological polar surface area (TPSA) is 13.1 Å². The van der Waals surface area contributed by atoms with Crippen LogP contribution in [0, 0.1) is 20.1 Å². The van der Waals surface area contributed by atoms with Gasteiger partial charge in [0.1, 0.15) is 5.76 Å². The number of aryl methyl sites for hydroxylation is 2. The monoisotopic (exact) mass is 95.0 g/mol. The zero-order valence-corrected chi connectivity index (χ0v) is 4.49. The highest BCUT2D eigenvalue weighted by Crippen LogP contribution is 2.01. The van der Waals surface area contributed by atoms with Gasteiger partial charge in [-0.3, -0.25) is 0 Å². The van der Waals surface area contributed by atoms with Gasteiger partial charge in [0.05, 0.1) is 0 Å². The molecule has 0 saturated heterocycles. The zero-order chi connectivity index (χ0) is 5.28. The van der Waals surface area contributed by atoms with Gasteiger partial charge in [0.25, 0.3) is 0 Å². The van der Waals surface area contributed by atoms with Crippen molar-refractivity contribution in [2.75, 3.05) is 0 Å². The third kappa shape index (κ3) is 0.829. The fourth-order valence-electron chi connectivity index (χ4n) is 0.525. The van der Waals surface area contributed by atoms with Crippen LogP contribution in [0.1, 0.15) is 11.3 Å². The molecule has 1 aromatic heterocycles. The minimum absolute atomic E-state index is 0.928. The Balaban J connectivity index is 3.04. The van der Waals surface area contributed by atoms with Crippen LogP contribution in [0.4, 0.5) is 0 Å². The SMILES string of the molecule is Cc1[c]oc(C)c1. The quantitative estimate of drug-likeness (QED) is 0.478. The van der Waals surface area contributed by atoms with E-state index < -0.39 is 0 Å². The summed E-state index contributed by atoms with van der Waals surface area (Å²) in [7, 11) is 0. The minimum Gasteiger partial charge on any atom is -0.458 e. The van der Waals surface area contributed by atoms with Crippen molar-refractivity contribution >= 4 is 0 Å². The Kier molecular flexibility index (Phi) is 0.895. The maximum atomic E-state index is 4.84. The van der Waals surface area contributed by atoms with E-state index in [1.807, 2.05) is 19.9 Å². The van der Waals surface area contributed by atoms with Crippen LogP contribution >= 0.6 is 0 Å². The van der Waals surface area contributed by atoms with Gasteiger partial charge in [-0.25, -0.2) is 0 Å². The van der Waals surface area contributed by atoms with Gasteiger partial charge >= 0.3 is 0 Å². The van der Waals surface area contributed by atoms with Crippen molar-refractivity contribution in [2.24, 2.45) is 0 Å². The van der Waals surface area contributed by atoms with Crippen molar-refractivity contribution in [3.63, 3.8) is 0 Å². The highest BCUT2D eigenvalue weighted by molar-refractivity contribution is 5.06. The summed E-state index contributed by atoms with van der Waals surface area (Å²) in [5.74, 6) is 0.928. The average molecular weight is 95.1 g/mol. The van der Waals surface area contributed by atoms with Gasteiger partial charge in [0, 0.05) is 0 Å². The van der Waals surface area contributed by atoms with Crippen LogP contribution in [0.25, 0.3) is 0 Å². The van der Waals surface area contributed by atoms with Gasteiger partial charge in [-0.1, -0.05) is 0 Å². The summed E-state index contributed by atoms with van der Waals surface area (Å²) >= 11 is 0. The molecule has 1 heterocycles. The Morgan fingerprint density at radius 3 is 2.43 bits per heavy atom. The third-order valence-electron chi connectivity index (χ3n) is 0.793. The molecule has 1 nitrogen and oxygen atoms in total. The Morgan fingerprint density at radius 2 is 2.29 bits per heavy atom. The molecule has 1 aromatic rings. The number of hydrogen-bond acceptors (Lipinski definition) is 1. The van der Waals surface area contributed by atoms with E-state index in [4.69, 9.17) is 4.42 Å². The Bertz CT molecular complexity index is 136. The molecule has 0 saturated carbocycles. The number of furan rings is 1. The fourth-order valence-corrected chi connectivity index (χ4v) is 0.525. The molecule has 0 aromatic carbocycles. The number of rotatable bonds is 0. The third-order valence-corrected chi connectivity index (χ3v) is 0.793. The van der Waals surface area contributed by atoms with E-state index in [0.717, 1.165) is 11.3 Å². The van der Waals surface area contributed by atoms with Gasteiger partial charge in [-0.2, -0.15) is 0 Å². The zero-order valence-electron chi connectivity index (χ0n) is 4.49. The maximum Gasteiger partial charge on any atom is 0.172 e. The molecular weight excluding hydrogens is 88.1 g/mol. The van der Waals surface area contributed by atoms with Gasteiger partial charge in [-0.05, 0) is 25.5 Å². The van der Waals surface area contributed by atoms with Crippen LogP contribution in [-0.2, 0) is 0 Å². The molecule has 0 aliphatic carbocycles. The minimum atomic E-state index is 0.928. The molecule has 0 aliphatic rings. The van der Waals surface area contributed by atoms with E-state index in [1.54, 1.807) is 0 Å². The first-order valence-corrected chi connectivity index (χ1v) is 2.24. The largest absolute Gasteiger partial charge is 0.458 e. The van der Waals surface area contributed by atoms with E-state index in [2.05, 4.69) is 6.26 Å². The summed E-state index contributed by atoms with van der Waals surface area (Å²) in [6.07, 6.45) is 2.69. The molecule has 0 fully saturated rings. The van der Waals surface area contributed by atoms with E-state index in [9.17, 15) is 0 Å². The van der Waals surface area contributed by atoms with Crippen molar-refractivity contribution in [2.45, 2.75) is 13.8 Å². The first-order chi connectivity index (χ1) is 3.29. The van der Waals surface area contributed by atoms with E-state index in [0.29, 0.717) is 0 Å². The van der Waals surface area contributed by atoms with Gasteiger partial charge in [0.2, 0.25) is 0 Å². The molecule has 0 spiro atoms. The molecule has 0 aliphatic heterocycles. The van der Waals surface area contributed by atoms with Gasteiger partial charge in [-0.15, -0.1) is 0 Å². The lowest BCUT2D eigenvalue weighted by Gasteiger charge is -1.68. The van der Waals surface area contributed by atoms with Crippen LogP contribution in [0.15, 0.2) is 10.5 Å². The van der Waals surface area contributed by atoms with Crippen LogP contribution in [-0.4, -0.2) is 0 Å². The normalized spacial score (nSPS) is 9.43. The summed E-state index contributed by atoms with van der Waals surface area (Å²) in [4.78, 5) is 0. The summed E-state index contributed by atoms with van der Waals surface area (Å²) in [6.45, 7) is 3.86. The van der Waals surface area contributed by atoms with Crippen molar-refractivity contribution in [1.29, 1.82) is 0 Å². The van der Waals surface area contributed by atoms with E-state index in [-0.39, 0.29) is 0 Å². The highest BCUT2D eigenvalue weighted by Gasteiger charge is 1.87. The van der Waals surface area contributed by atoms with Crippen LogP contribution < -0.4 is 0 Å². The Morgan fingerprint density at radius 1 is 1.57 bits per heavy atom. The lowest BCUT2D eigenvalue weighted by atomic mass is 10.4. The molecule has 7 heavy (non-hydrogen) atoms. The second-order valence-electron chi connectivity index (χ2n) is 1.64. The summed E-state index contributed by atoms with van der Waals surface area (Å²) in [5.41, 5.74) is 1.07. The molecule has 1 rings (SSSR count). The fraction of sp³-hybridized carbons (Fsp3) is 0.333. The second-order valence-corrected chi connectivity index (χ2v) is 1.64. The van der Waals surface area contributed by atoms with Crippen molar-refractivity contribution in [3.05, 3.63) is 23.7 Å². The molecule has 1 radical (unpaired) electrons. The van der Waals surface area contributed by atoms with Crippen LogP contribution in [0.2, 0.25) is 0 Å². The molecule has 0 bridgehead atoms. The molecule has 37 valence electrons. The second kappa shape index (κ2) is 1.41. The van der Waals surface area contributed by atoms with Crippen molar-refractivity contribution in [3.8, 4) is 0 Å². The lowest BCUT2D eigenvalue weighted by Crippen LogP contribution is -1.54. The molecular formula is C6H7O.